The number of nitrogens with zero attached hydrogens (tertiary/aromatic N) is 1. The molecule has 12 nitrogen and oxygen atoms in total. The fourth-order valence-corrected chi connectivity index (χ4v) is 3.67. The number of amides is 3. The lowest BCUT2D eigenvalue weighted by Gasteiger charge is -2.28. The standard InChI is InChI=1S/C22H41N7O5/c1-5-13(4)17(21(33)34)29-19(31)15(9-7-11-26-22(23)24)27-20(32)16(12(2)3)28-18(30)14-8-6-10-25-14/h12-17,25H,5-11H2,1-4H3,(H,27,32)(H,28,30)(H,29,31)(H,33,34)(H4,23,24,26). The summed E-state index contributed by atoms with van der Waals surface area (Å²) >= 11 is 0. The molecule has 0 aromatic rings. The molecule has 0 bridgehead atoms. The summed E-state index contributed by atoms with van der Waals surface area (Å²) in [6.07, 6.45) is 2.69. The zero-order chi connectivity index (χ0) is 25.8. The maximum absolute atomic E-state index is 13.1. The second-order valence-corrected chi connectivity index (χ2v) is 9.10. The SMILES string of the molecule is CCC(C)C(NC(=O)C(CCCN=C(N)N)NC(=O)C(NC(=O)C1CCCN1)C(C)C)C(=O)O. The van der Waals surface area contributed by atoms with Gasteiger partial charge in [0.1, 0.15) is 18.1 Å². The van der Waals surface area contributed by atoms with E-state index in [1.54, 1.807) is 20.8 Å². The van der Waals surface area contributed by atoms with Gasteiger partial charge in [0.05, 0.1) is 6.04 Å². The lowest BCUT2D eigenvalue weighted by atomic mass is 9.98. The molecule has 3 amide bonds. The van der Waals surface area contributed by atoms with Crippen molar-refractivity contribution in [2.45, 2.75) is 84.0 Å². The van der Waals surface area contributed by atoms with Gasteiger partial charge in [-0.15, -0.1) is 0 Å². The van der Waals surface area contributed by atoms with Crippen LogP contribution in [0.3, 0.4) is 0 Å². The summed E-state index contributed by atoms with van der Waals surface area (Å²) in [4.78, 5) is 54.2. The van der Waals surface area contributed by atoms with Gasteiger partial charge >= 0.3 is 5.97 Å². The van der Waals surface area contributed by atoms with E-state index in [2.05, 4.69) is 26.3 Å². The second-order valence-electron chi connectivity index (χ2n) is 9.10. The Labute approximate surface area is 201 Å². The second kappa shape index (κ2) is 14.4. The number of rotatable bonds is 14. The van der Waals surface area contributed by atoms with Gasteiger partial charge in [0, 0.05) is 6.54 Å². The Kier molecular flexibility index (Phi) is 12.3. The molecule has 1 aliphatic rings. The number of carboxylic acid groups (broad SMARTS) is 1. The number of hydrogen-bond acceptors (Lipinski definition) is 6. The van der Waals surface area contributed by atoms with Crippen LogP contribution >= 0.6 is 0 Å². The first kappa shape index (κ1) is 29.1. The first-order chi connectivity index (χ1) is 16.0. The minimum Gasteiger partial charge on any atom is -0.480 e. The van der Waals surface area contributed by atoms with Crippen LogP contribution in [0.2, 0.25) is 0 Å². The van der Waals surface area contributed by atoms with Crippen LogP contribution < -0.4 is 32.7 Å². The molecule has 194 valence electrons. The average molecular weight is 484 g/mol. The quantitative estimate of drug-likeness (QED) is 0.0929. The van der Waals surface area contributed by atoms with Crippen molar-refractivity contribution < 1.29 is 24.3 Å². The molecule has 5 atom stereocenters. The third kappa shape index (κ3) is 9.54. The van der Waals surface area contributed by atoms with Gasteiger partial charge in [-0.25, -0.2) is 4.79 Å². The van der Waals surface area contributed by atoms with Crippen LogP contribution in [0.1, 0.15) is 59.8 Å². The van der Waals surface area contributed by atoms with Crippen LogP contribution in [0.25, 0.3) is 0 Å². The highest BCUT2D eigenvalue weighted by molar-refractivity contribution is 5.94. The molecular formula is C22H41N7O5. The van der Waals surface area contributed by atoms with Crippen molar-refractivity contribution in [2.24, 2.45) is 28.3 Å². The Bertz CT molecular complexity index is 733. The number of aliphatic carboxylic acids is 1. The number of nitrogens with one attached hydrogen (secondary N) is 4. The van der Waals surface area contributed by atoms with Gasteiger partial charge in [0.25, 0.3) is 0 Å². The van der Waals surface area contributed by atoms with Crippen molar-refractivity contribution in [1.82, 2.24) is 21.3 Å². The lowest BCUT2D eigenvalue weighted by Crippen LogP contribution is -2.58. The largest absolute Gasteiger partial charge is 0.480 e. The number of guanidine groups is 1. The predicted octanol–water partition coefficient (Wildman–Crippen LogP) is -0.967. The summed E-state index contributed by atoms with van der Waals surface area (Å²) in [5, 5.41) is 20.6. The zero-order valence-corrected chi connectivity index (χ0v) is 20.6. The summed E-state index contributed by atoms with van der Waals surface area (Å²) < 4.78 is 0. The summed E-state index contributed by atoms with van der Waals surface area (Å²) in [5.74, 6) is -3.16. The third-order valence-corrected chi connectivity index (χ3v) is 5.98. The van der Waals surface area contributed by atoms with Gasteiger partial charge < -0.3 is 37.8 Å². The molecule has 1 fully saturated rings. The minimum atomic E-state index is -1.15. The molecule has 9 N–H and O–H groups in total. The van der Waals surface area contributed by atoms with Crippen LogP contribution in [0.4, 0.5) is 0 Å². The number of carbonyl (C=O) groups excluding carboxylic acids is 3. The fourth-order valence-electron chi connectivity index (χ4n) is 3.67. The third-order valence-electron chi connectivity index (χ3n) is 5.98. The van der Waals surface area contributed by atoms with Gasteiger partial charge in [-0.05, 0) is 44.1 Å². The Morgan fingerprint density at radius 2 is 1.74 bits per heavy atom. The van der Waals surface area contributed by atoms with Crippen LogP contribution in [0, 0.1) is 11.8 Å². The highest BCUT2D eigenvalue weighted by atomic mass is 16.4. The van der Waals surface area contributed by atoms with Gasteiger partial charge in [0.2, 0.25) is 17.7 Å². The van der Waals surface area contributed by atoms with E-state index in [9.17, 15) is 24.3 Å². The van der Waals surface area contributed by atoms with Crippen LogP contribution in [-0.4, -0.2) is 72.0 Å². The highest BCUT2D eigenvalue weighted by Gasteiger charge is 2.33. The van der Waals surface area contributed by atoms with E-state index in [4.69, 9.17) is 11.5 Å². The van der Waals surface area contributed by atoms with E-state index in [1.165, 1.54) is 0 Å². The van der Waals surface area contributed by atoms with Crippen LogP contribution in [0.5, 0.6) is 0 Å². The molecule has 1 saturated heterocycles. The Hall–Kier alpha value is -2.89. The number of aliphatic imine (C=N–C) groups is 1. The van der Waals surface area contributed by atoms with E-state index in [0.29, 0.717) is 19.3 Å². The molecule has 34 heavy (non-hydrogen) atoms. The summed E-state index contributed by atoms with van der Waals surface area (Å²) in [7, 11) is 0. The van der Waals surface area contributed by atoms with Crippen molar-refractivity contribution in [3.05, 3.63) is 0 Å². The molecular weight excluding hydrogens is 442 g/mol. The lowest BCUT2D eigenvalue weighted by molar-refractivity contribution is -0.144. The molecule has 5 unspecified atom stereocenters. The Morgan fingerprint density at radius 1 is 1.06 bits per heavy atom. The minimum absolute atomic E-state index is 0.0872. The van der Waals surface area contributed by atoms with E-state index in [0.717, 1.165) is 13.0 Å². The molecule has 0 aliphatic carbocycles. The smallest absolute Gasteiger partial charge is 0.326 e. The maximum atomic E-state index is 13.1. The van der Waals surface area contributed by atoms with E-state index in [-0.39, 0.29) is 42.7 Å². The molecule has 1 aliphatic heterocycles. The van der Waals surface area contributed by atoms with Crippen molar-refractivity contribution in [3.63, 3.8) is 0 Å². The van der Waals surface area contributed by atoms with Crippen molar-refractivity contribution >= 4 is 29.7 Å². The molecule has 0 aromatic heterocycles. The van der Waals surface area contributed by atoms with Crippen molar-refractivity contribution in [2.75, 3.05) is 13.1 Å². The Balaban J connectivity index is 2.96. The Morgan fingerprint density at radius 3 is 2.24 bits per heavy atom. The van der Waals surface area contributed by atoms with Crippen molar-refractivity contribution in [3.8, 4) is 0 Å². The monoisotopic (exact) mass is 483 g/mol. The molecule has 0 spiro atoms. The molecule has 0 aromatic carbocycles. The van der Waals surface area contributed by atoms with Crippen LogP contribution in [0.15, 0.2) is 4.99 Å². The molecule has 1 rings (SSSR count). The first-order valence-electron chi connectivity index (χ1n) is 11.9. The maximum Gasteiger partial charge on any atom is 0.326 e. The van der Waals surface area contributed by atoms with Gasteiger partial charge in [0.15, 0.2) is 5.96 Å². The normalized spacial score (nSPS) is 18.9. The van der Waals surface area contributed by atoms with Crippen LogP contribution in [-0.2, 0) is 19.2 Å². The number of hydrogen-bond donors (Lipinski definition) is 7. The zero-order valence-electron chi connectivity index (χ0n) is 20.6. The summed E-state index contributed by atoms with van der Waals surface area (Å²) in [5.41, 5.74) is 10.7. The first-order valence-corrected chi connectivity index (χ1v) is 11.9. The van der Waals surface area contributed by atoms with E-state index < -0.39 is 35.9 Å². The van der Waals surface area contributed by atoms with Gasteiger partial charge in [-0.1, -0.05) is 34.1 Å². The number of carboxylic acids is 1. The van der Waals surface area contributed by atoms with Gasteiger partial charge in [-0.2, -0.15) is 0 Å². The highest BCUT2D eigenvalue weighted by Crippen LogP contribution is 2.11. The van der Waals surface area contributed by atoms with E-state index in [1.807, 2.05) is 6.92 Å². The molecule has 0 saturated carbocycles. The summed E-state index contributed by atoms with van der Waals surface area (Å²) in [6.45, 7) is 8.14. The van der Waals surface area contributed by atoms with E-state index >= 15 is 0 Å². The molecule has 0 radical (unpaired) electrons. The topological polar surface area (TPSA) is 201 Å². The molecule has 12 heteroatoms. The number of carbonyl (C=O) groups is 4. The fraction of sp³-hybridized carbons (Fsp3) is 0.773. The predicted molar refractivity (Wildman–Crippen MR) is 129 cm³/mol. The van der Waals surface area contributed by atoms with Gasteiger partial charge in [-0.3, -0.25) is 19.4 Å². The summed E-state index contributed by atoms with van der Waals surface area (Å²) in [6, 6.07) is -3.31. The number of nitrogens with two attached hydrogens (primary N) is 2. The van der Waals surface area contributed by atoms with Crippen molar-refractivity contribution in [1.29, 1.82) is 0 Å². The molecule has 1 heterocycles. The average Bonchev–Trinajstić information content (AvgIpc) is 3.31.